The topological polar surface area (TPSA) is 86.3 Å². The Bertz CT molecular complexity index is 593. The maximum Gasteiger partial charge on any atom is 0.269 e. The second-order valence-electron chi connectivity index (χ2n) is 4.66. The lowest BCUT2D eigenvalue weighted by molar-refractivity contribution is -0.385. The van der Waals surface area contributed by atoms with Crippen molar-refractivity contribution in [1.29, 1.82) is 0 Å². The normalized spacial score (nSPS) is 10.6. The van der Waals surface area contributed by atoms with Crippen molar-refractivity contribution in [1.82, 2.24) is 0 Å². The van der Waals surface area contributed by atoms with Crippen LogP contribution in [0.1, 0.15) is 30.4 Å². The van der Waals surface area contributed by atoms with Crippen molar-refractivity contribution in [2.75, 3.05) is 0 Å². The molecule has 0 aliphatic rings. The van der Waals surface area contributed by atoms with Crippen molar-refractivity contribution in [3.63, 3.8) is 0 Å². The van der Waals surface area contributed by atoms with E-state index in [9.17, 15) is 20.2 Å². The lowest BCUT2D eigenvalue weighted by Gasteiger charge is -2.15. The van der Waals surface area contributed by atoms with E-state index in [1.54, 1.807) is 24.3 Å². The van der Waals surface area contributed by atoms with Crippen LogP contribution in [0, 0.1) is 20.2 Å². The van der Waals surface area contributed by atoms with Gasteiger partial charge >= 0.3 is 0 Å². The molecule has 0 radical (unpaired) electrons. The first-order chi connectivity index (χ1) is 10.0. The standard InChI is InChI=1S/C15H14N2O4/c1-2-15(11-3-7-13(8-4-11)16(18)19)12-5-9-14(10-6-12)17(20)21/h3-10,15H,2H2,1H3. The minimum atomic E-state index is -0.434. The van der Waals surface area contributed by atoms with Gasteiger partial charge in [0.25, 0.3) is 11.4 Å². The van der Waals surface area contributed by atoms with Crippen molar-refractivity contribution >= 4 is 11.4 Å². The zero-order valence-corrected chi connectivity index (χ0v) is 11.4. The first-order valence-corrected chi connectivity index (χ1v) is 6.51. The molecule has 0 unspecified atom stereocenters. The summed E-state index contributed by atoms with van der Waals surface area (Å²) in [6.07, 6.45) is 0.801. The van der Waals surface area contributed by atoms with Crippen LogP contribution in [-0.4, -0.2) is 9.85 Å². The van der Waals surface area contributed by atoms with E-state index in [1.165, 1.54) is 24.3 Å². The number of benzene rings is 2. The predicted octanol–water partition coefficient (Wildman–Crippen LogP) is 4.04. The number of rotatable bonds is 5. The van der Waals surface area contributed by atoms with E-state index in [0.29, 0.717) is 0 Å². The lowest BCUT2D eigenvalue weighted by Crippen LogP contribution is -2.00. The number of hydrogen-bond acceptors (Lipinski definition) is 4. The Hall–Kier alpha value is -2.76. The largest absolute Gasteiger partial charge is 0.269 e. The SMILES string of the molecule is CCC(c1ccc([N+](=O)[O-])cc1)c1ccc([N+](=O)[O-])cc1. The van der Waals surface area contributed by atoms with Crippen LogP contribution in [0.15, 0.2) is 48.5 Å². The molecule has 2 rings (SSSR count). The Morgan fingerprint density at radius 2 is 1.14 bits per heavy atom. The van der Waals surface area contributed by atoms with E-state index in [4.69, 9.17) is 0 Å². The first-order valence-electron chi connectivity index (χ1n) is 6.51. The molecule has 0 fully saturated rings. The van der Waals surface area contributed by atoms with Gasteiger partial charge in [0.2, 0.25) is 0 Å². The Kier molecular flexibility index (Phi) is 4.27. The van der Waals surface area contributed by atoms with Gasteiger partial charge in [-0.2, -0.15) is 0 Å². The van der Waals surface area contributed by atoms with Gasteiger partial charge in [-0.15, -0.1) is 0 Å². The molecule has 0 amide bonds. The van der Waals surface area contributed by atoms with Gasteiger partial charge in [0.15, 0.2) is 0 Å². The smallest absolute Gasteiger partial charge is 0.258 e. The molecule has 2 aromatic rings. The molecule has 21 heavy (non-hydrogen) atoms. The number of nitrogens with zero attached hydrogens (tertiary/aromatic N) is 2. The van der Waals surface area contributed by atoms with E-state index >= 15 is 0 Å². The van der Waals surface area contributed by atoms with Crippen molar-refractivity contribution in [2.45, 2.75) is 19.3 Å². The summed E-state index contributed by atoms with van der Waals surface area (Å²) in [7, 11) is 0. The van der Waals surface area contributed by atoms with Crippen LogP contribution in [0.3, 0.4) is 0 Å². The monoisotopic (exact) mass is 286 g/mol. The Balaban J connectivity index is 2.30. The molecule has 0 aliphatic heterocycles. The van der Waals surface area contributed by atoms with Gasteiger partial charge in [-0.25, -0.2) is 0 Å². The molecule has 108 valence electrons. The van der Waals surface area contributed by atoms with Crippen LogP contribution in [0.2, 0.25) is 0 Å². The quantitative estimate of drug-likeness (QED) is 0.613. The van der Waals surface area contributed by atoms with Crippen molar-refractivity contribution < 1.29 is 9.85 Å². The van der Waals surface area contributed by atoms with Gasteiger partial charge in [0.05, 0.1) is 9.85 Å². The maximum atomic E-state index is 10.7. The van der Waals surface area contributed by atoms with Crippen LogP contribution >= 0.6 is 0 Å². The van der Waals surface area contributed by atoms with Gasteiger partial charge < -0.3 is 0 Å². The fourth-order valence-corrected chi connectivity index (χ4v) is 2.32. The number of nitro benzene ring substituents is 2. The van der Waals surface area contributed by atoms with Gasteiger partial charge in [0.1, 0.15) is 0 Å². The van der Waals surface area contributed by atoms with Gasteiger partial charge in [-0.05, 0) is 17.5 Å². The van der Waals surface area contributed by atoms with E-state index < -0.39 is 9.85 Å². The molecule has 0 atom stereocenters. The van der Waals surface area contributed by atoms with Crippen LogP contribution in [0.25, 0.3) is 0 Å². The number of hydrogen-bond donors (Lipinski definition) is 0. The van der Waals surface area contributed by atoms with E-state index in [0.717, 1.165) is 17.5 Å². The van der Waals surface area contributed by atoms with Crippen molar-refractivity contribution in [3.8, 4) is 0 Å². The fraction of sp³-hybridized carbons (Fsp3) is 0.200. The average molecular weight is 286 g/mol. The minimum Gasteiger partial charge on any atom is -0.258 e. The third-order valence-electron chi connectivity index (χ3n) is 3.42. The Labute approximate surface area is 121 Å². The second-order valence-corrected chi connectivity index (χ2v) is 4.66. The maximum absolute atomic E-state index is 10.7. The average Bonchev–Trinajstić information content (AvgIpc) is 2.49. The highest BCUT2D eigenvalue weighted by atomic mass is 16.6. The molecule has 0 aliphatic carbocycles. The summed E-state index contributed by atoms with van der Waals surface area (Å²) in [4.78, 5) is 20.5. The third-order valence-corrected chi connectivity index (χ3v) is 3.42. The van der Waals surface area contributed by atoms with Gasteiger partial charge in [0, 0.05) is 30.2 Å². The highest BCUT2D eigenvalue weighted by Crippen LogP contribution is 2.30. The molecule has 6 heteroatoms. The molecule has 0 spiro atoms. The molecule has 6 nitrogen and oxygen atoms in total. The van der Waals surface area contributed by atoms with Crippen LogP contribution in [-0.2, 0) is 0 Å². The number of nitro groups is 2. The molecule has 0 saturated heterocycles. The summed E-state index contributed by atoms with van der Waals surface area (Å²) in [6.45, 7) is 2.01. The fourth-order valence-electron chi connectivity index (χ4n) is 2.32. The Morgan fingerprint density at radius 3 is 1.38 bits per heavy atom. The molecular formula is C15H14N2O4. The molecule has 0 saturated carbocycles. The first kappa shape index (κ1) is 14.6. The van der Waals surface area contributed by atoms with Crippen LogP contribution < -0.4 is 0 Å². The summed E-state index contributed by atoms with van der Waals surface area (Å²) in [5, 5.41) is 21.3. The summed E-state index contributed by atoms with van der Waals surface area (Å²) in [5.74, 6) is 0.0617. The Morgan fingerprint density at radius 1 is 0.810 bits per heavy atom. The third kappa shape index (κ3) is 3.22. The van der Waals surface area contributed by atoms with E-state index in [1.807, 2.05) is 6.92 Å². The van der Waals surface area contributed by atoms with Crippen molar-refractivity contribution in [3.05, 3.63) is 79.9 Å². The summed E-state index contributed by atoms with van der Waals surface area (Å²) < 4.78 is 0. The zero-order valence-electron chi connectivity index (χ0n) is 11.4. The summed E-state index contributed by atoms with van der Waals surface area (Å²) in [6, 6.07) is 12.8. The second kappa shape index (κ2) is 6.13. The van der Waals surface area contributed by atoms with Crippen molar-refractivity contribution in [2.24, 2.45) is 0 Å². The molecule has 0 aromatic heterocycles. The lowest BCUT2D eigenvalue weighted by atomic mass is 9.89. The molecule has 0 bridgehead atoms. The highest BCUT2D eigenvalue weighted by Gasteiger charge is 2.15. The summed E-state index contributed by atoms with van der Waals surface area (Å²) >= 11 is 0. The number of non-ortho nitro benzene ring substituents is 2. The molecule has 2 aromatic carbocycles. The van der Waals surface area contributed by atoms with E-state index in [2.05, 4.69) is 0 Å². The van der Waals surface area contributed by atoms with Gasteiger partial charge in [-0.3, -0.25) is 20.2 Å². The highest BCUT2D eigenvalue weighted by molar-refractivity contribution is 5.41. The molecular weight excluding hydrogens is 272 g/mol. The molecule has 0 N–H and O–H groups in total. The van der Waals surface area contributed by atoms with Crippen LogP contribution in [0.5, 0.6) is 0 Å². The molecule has 0 heterocycles. The zero-order chi connectivity index (χ0) is 15.4. The summed E-state index contributed by atoms with van der Waals surface area (Å²) in [5.41, 5.74) is 2.02. The van der Waals surface area contributed by atoms with E-state index in [-0.39, 0.29) is 17.3 Å². The van der Waals surface area contributed by atoms with Crippen LogP contribution in [0.4, 0.5) is 11.4 Å². The predicted molar refractivity (Wildman–Crippen MR) is 78.3 cm³/mol. The van der Waals surface area contributed by atoms with Gasteiger partial charge in [-0.1, -0.05) is 31.2 Å². The minimum absolute atomic E-state index is 0.0531.